The highest BCUT2D eigenvalue weighted by Crippen LogP contribution is 2.29. The van der Waals surface area contributed by atoms with E-state index in [4.69, 9.17) is 0 Å². The van der Waals surface area contributed by atoms with Gasteiger partial charge in [0.1, 0.15) is 12.1 Å². The average Bonchev–Trinajstić information content (AvgIpc) is 2.93. The molecule has 2 aromatic rings. The monoisotopic (exact) mass is 393 g/mol. The zero-order valence-electron chi connectivity index (χ0n) is 17.1. The molecule has 0 aromatic heterocycles. The van der Waals surface area contributed by atoms with Crippen LogP contribution in [0, 0.1) is 0 Å². The van der Waals surface area contributed by atoms with Crippen LogP contribution >= 0.6 is 0 Å². The SMILES string of the molecule is CCCc1ccc([C@@]2(C)NC(=O)N(CC(=O)Nc3ccc(CC)cc3)C2=O)cc1. The van der Waals surface area contributed by atoms with Crippen LogP contribution in [0.3, 0.4) is 0 Å². The molecule has 1 fully saturated rings. The molecule has 1 heterocycles. The van der Waals surface area contributed by atoms with Gasteiger partial charge in [-0.25, -0.2) is 4.79 Å². The number of hydrogen-bond donors (Lipinski definition) is 2. The molecule has 0 saturated carbocycles. The topological polar surface area (TPSA) is 78.5 Å². The number of nitrogens with zero attached hydrogens (tertiary/aromatic N) is 1. The number of aryl methyl sites for hydroxylation is 2. The third-order valence-corrected chi connectivity index (χ3v) is 5.29. The molecule has 1 atom stereocenters. The first-order valence-corrected chi connectivity index (χ1v) is 9.99. The summed E-state index contributed by atoms with van der Waals surface area (Å²) in [6.07, 6.45) is 2.91. The molecule has 0 bridgehead atoms. The molecule has 1 saturated heterocycles. The normalized spacial score (nSPS) is 18.7. The van der Waals surface area contributed by atoms with E-state index in [1.165, 1.54) is 5.56 Å². The lowest BCUT2D eigenvalue weighted by Crippen LogP contribution is -2.42. The highest BCUT2D eigenvalue weighted by molar-refractivity contribution is 6.10. The number of rotatable bonds is 7. The van der Waals surface area contributed by atoms with Crippen LogP contribution in [0.1, 0.15) is 43.9 Å². The summed E-state index contributed by atoms with van der Waals surface area (Å²) in [5, 5.41) is 5.48. The Morgan fingerprint density at radius 2 is 1.62 bits per heavy atom. The Morgan fingerprint density at radius 1 is 1.00 bits per heavy atom. The number of nitrogens with one attached hydrogen (secondary N) is 2. The van der Waals surface area contributed by atoms with E-state index in [9.17, 15) is 14.4 Å². The van der Waals surface area contributed by atoms with Gasteiger partial charge in [0.15, 0.2) is 0 Å². The Hall–Kier alpha value is -3.15. The zero-order chi connectivity index (χ0) is 21.0. The minimum Gasteiger partial charge on any atom is -0.325 e. The first-order valence-electron chi connectivity index (χ1n) is 9.99. The average molecular weight is 393 g/mol. The van der Waals surface area contributed by atoms with E-state index in [-0.39, 0.29) is 6.54 Å². The van der Waals surface area contributed by atoms with Crippen LogP contribution < -0.4 is 10.6 Å². The molecule has 0 unspecified atom stereocenters. The van der Waals surface area contributed by atoms with E-state index in [0.717, 1.165) is 29.7 Å². The molecule has 152 valence electrons. The van der Waals surface area contributed by atoms with Gasteiger partial charge in [-0.05, 0) is 48.6 Å². The summed E-state index contributed by atoms with van der Waals surface area (Å²) in [6, 6.07) is 14.6. The second kappa shape index (κ2) is 8.47. The van der Waals surface area contributed by atoms with E-state index in [1.807, 2.05) is 48.5 Å². The molecule has 2 N–H and O–H groups in total. The molecule has 2 aromatic carbocycles. The molecule has 0 spiro atoms. The van der Waals surface area contributed by atoms with Gasteiger partial charge in [0.2, 0.25) is 5.91 Å². The molecule has 6 heteroatoms. The number of amides is 4. The second-order valence-electron chi connectivity index (χ2n) is 7.49. The predicted molar refractivity (Wildman–Crippen MR) is 112 cm³/mol. The quantitative estimate of drug-likeness (QED) is 0.706. The van der Waals surface area contributed by atoms with Gasteiger partial charge in [-0.3, -0.25) is 14.5 Å². The van der Waals surface area contributed by atoms with Crippen molar-refractivity contribution in [3.8, 4) is 0 Å². The molecule has 29 heavy (non-hydrogen) atoms. The summed E-state index contributed by atoms with van der Waals surface area (Å²) in [4.78, 5) is 38.8. The Labute approximate surface area is 171 Å². The van der Waals surface area contributed by atoms with Crippen LogP contribution in [0.15, 0.2) is 48.5 Å². The smallest absolute Gasteiger partial charge is 0.325 e. The number of hydrogen-bond acceptors (Lipinski definition) is 3. The van der Waals surface area contributed by atoms with Crippen molar-refractivity contribution in [2.24, 2.45) is 0 Å². The van der Waals surface area contributed by atoms with Gasteiger partial charge in [0, 0.05) is 5.69 Å². The Kier molecular flexibility index (Phi) is 6.01. The van der Waals surface area contributed by atoms with Crippen LogP contribution in [0.2, 0.25) is 0 Å². The van der Waals surface area contributed by atoms with Crippen molar-refractivity contribution in [2.75, 3.05) is 11.9 Å². The fraction of sp³-hybridized carbons (Fsp3) is 0.348. The van der Waals surface area contributed by atoms with Crippen LogP contribution in [0.25, 0.3) is 0 Å². The molecule has 1 aliphatic rings. The van der Waals surface area contributed by atoms with Crippen LogP contribution in [-0.4, -0.2) is 29.3 Å². The van der Waals surface area contributed by atoms with E-state index >= 15 is 0 Å². The van der Waals surface area contributed by atoms with Gasteiger partial charge in [-0.15, -0.1) is 0 Å². The third kappa shape index (κ3) is 4.31. The van der Waals surface area contributed by atoms with Crippen molar-refractivity contribution in [2.45, 2.75) is 45.6 Å². The molecular weight excluding hydrogens is 366 g/mol. The first kappa shape index (κ1) is 20.6. The van der Waals surface area contributed by atoms with E-state index in [0.29, 0.717) is 11.3 Å². The van der Waals surface area contributed by atoms with Crippen molar-refractivity contribution in [1.29, 1.82) is 0 Å². The summed E-state index contributed by atoms with van der Waals surface area (Å²) in [5.74, 6) is -0.845. The lowest BCUT2D eigenvalue weighted by molar-refractivity contribution is -0.133. The molecule has 4 amide bonds. The number of imide groups is 1. The molecule has 6 nitrogen and oxygen atoms in total. The minimum atomic E-state index is -1.18. The summed E-state index contributed by atoms with van der Waals surface area (Å²) in [7, 11) is 0. The fourth-order valence-electron chi connectivity index (χ4n) is 3.50. The van der Waals surface area contributed by atoms with Crippen molar-refractivity contribution in [3.63, 3.8) is 0 Å². The second-order valence-corrected chi connectivity index (χ2v) is 7.49. The summed E-state index contributed by atoms with van der Waals surface area (Å²) in [5.41, 5.74) is 2.51. The minimum absolute atomic E-state index is 0.330. The number of urea groups is 1. The Balaban J connectivity index is 1.69. The summed E-state index contributed by atoms with van der Waals surface area (Å²) < 4.78 is 0. The maximum Gasteiger partial charge on any atom is 0.325 e. The van der Waals surface area contributed by atoms with Gasteiger partial charge in [-0.2, -0.15) is 0 Å². The van der Waals surface area contributed by atoms with Crippen LogP contribution in [0.4, 0.5) is 10.5 Å². The summed E-state index contributed by atoms with van der Waals surface area (Å²) in [6.45, 7) is 5.50. The number of anilines is 1. The number of benzene rings is 2. The standard InChI is InChI=1S/C23H27N3O3/c1-4-6-17-7-11-18(12-8-17)23(3)21(28)26(22(29)25-23)15-20(27)24-19-13-9-16(5-2)10-14-19/h7-14H,4-6,15H2,1-3H3,(H,24,27)(H,25,29)/t23-/m1/s1. The Bertz CT molecular complexity index is 906. The fourth-order valence-corrected chi connectivity index (χ4v) is 3.50. The maximum atomic E-state index is 13.0. The van der Waals surface area contributed by atoms with E-state index in [1.54, 1.807) is 6.92 Å². The van der Waals surface area contributed by atoms with Gasteiger partial charge in [0.05, 0.1) is 0 Å². The lowest BCUT2D eigenvalue weighted by atomic mass is 9.91. The van der Waals surface area contributed by atoms with Gasteiger partial charge < -0.3 is 10.6 Å². The van der Waals surface area contributed by atoms with Gasteiger partial charge in [-0.1, -0.05) is 56.7 Å². The third-order valence-electron chi connectivity index (χ3n) is 5.29. The molecule has 1 aliphatic heterocycles. The van der Waals surface area contributed by atoms with Crippen molar-refractivity contribution in [1.82, 2.24) is 10.2 Å². The molecule has 0 aliphatic carbocycles. The van der Waals surface area contributed by atoms with Crippen molar-refractivity contribution < 1.29 is 14.4 Å². The van der Waals surface area contributed by atoms with E-state index < -0.39 is 23.4 Å². The van der Waals surface area contributed by atoms with Gasteiger partial charge >= 0.3 is 6.03 Å². The maximum absolute atomic E-state index is 13.0. The number of carbonyl (C=O) groups excluding carboxylic acids is 3. The molecule has 3 rings (SSSR count). The van der Waals surface area contributed by atoms with E-state index in [2.05, 4.69) is 24.5 Å². The van der Waals surface area contributed by atoms with Gasteiger partial charge in [0.25, 0.3) is 5.91 Å². The highest BCUT2D eigenvalue weighted by atomic mass is 16.2. The highest BCUT2D eigenvalue weighted by Gasteiger charge is 2.49. The largest absolute Gasteiger partial charge is 0.325 e. The van der Waals surface area contributed by atoms with Crippen molar-refractivity contribution >= 4 is 23.5 Å². The number of carbonyl (C=O) groups is 3. The van der Waals surface area contributed by atoms with Crippen molar-refractivity contribution in [3.05, 3.63) is 65.2 Å². The van der Waals surface area contributed by atoms with Crippen LogP contribution in [0.5, 0.6) is 0 Å². The predicted octanol–water partition coefficient (Wildman–Crippen LogP) is 3.61. The first-order chi connectivity index (χ1) is 13.9. The zero-order valence-corrected chi connectivity index (χ0v) is 17.1. The summed E-state index contributed by atoms with van der Waals surface area (Å²) >= 11 is 0. The molecule has 0 radical (unpaired) electrons. The lowest BCUT2D eigenvalue weighted by Gasteiger charge is -2.22. The van der Waals surface area contributed by atoms with Crippen LogP contribution in [-0.2, 0) is 28.0 Å². The molecular formula is C23H27N3O3. The Morgan fingerprint density at radius 3 is 2.21 bits per heavy atom.